The van der Waals surface area contributed by atoms with Gasteiger partial charge in [0, 0.05) is 27.1 Å². The Bertz CT molecular complexity index is 409. The Morgan fingerprint density at radius 3 is 2.73 bits per heavy atom. The predicted molar refractivity (Wildman–Crippen MR) is 68.7 cm³/mol. The third-order valence-electron chi connectivity index (χ3n) is 2.55. The largest absolute Gasteiger partial charge is 0.323 e. The SMILES string of the molecule is Cc1cc(C(N)Cc2cccs2)sc1C. The molecule has 0 aromatic carbocycles. The van der Waals surface area contributed by atoms with Crippen molar-refractivity contribution in [3.05, 3.63) is 43.8 Å². The van der Waals surface area contributed by atoms with Gasteiger partial charge in [-0.15, -0.1) is 22.7 Å². The molecule has 2 rings (SSSR count). The van der Waals surface area contributed by atoms with E-state index < -0.39 is 0 Å². The van der Waals surface area contributed by atoms with Gasteiger partial charge in [0.15, 0.2) is 0 Å². The third-order valence-corrected chi connectivity index (χ3v) is 4.73. The molecule has 0 aliphatic heterocycles. The Morgan fingerprint density at radius 1 is 1.40 bits per heavy atom. The lowest BCUT2D eigenvalue weighted by molar-refractivity contribution is 0.745. The van der Waals surface area contributed by atoms with Gasteiger partial charge in [0.25, 0.3) is 0 Å². The zero-order valence-corrected chi connectivity index (χ0v) is 10.6. The van der Waals surface area contributed by atoms with Crippen LogP contribution in [-0.2, 0) is 6.42 Å². The van der Waals surface area contributed by atoms with Crippen LogP contribution in [0.25, 0.3) is 0 Å². The van der Waals surface area contributed by atoms with E-state index >= 15 is 0 Å². The highest BCUT2D eigenvalue weighted by molar-refractivity contribution is 7.12. The summed E-state index contributed by atoms with van der Waals surface area (Å²) in [6.45, 7) is 4.30. The highest BCUT2D eigenvalue weighted by Crippen LogP contribution is 2.28. The molecule has 0 spiro atoms. The Morgan fingerprint density at radius 2 is 2.20 bits per heavy atom. The Labute approximate surface area is 98.6 Å². The predicted octanol–water partition coefficient (Wildman–Crippen LogP) is 3.67. The fourth-order valence-electron chi connectivity index (χ4n) is 1.53. The van der Waals surface area contributed by atoms with E-state index in [2.05, 4.69) is 37.4 Å². The van der Waals surface area contributed by atoms with Crippen LogP contribution in [-0.4, -0.2) is 0 Å². The fourth-order valence-corrected chi connectivity index (χ4v) is 3.34. The van der Waals surface area contributed by atoms with Crippen molar-refractivity contribution in [2.24, 2.45) is 5.73 Å². The van der Waals surface area contributed by atoms with Crippen molar-refractivity contribution in [2.75, 3.05) is 0 Å². The van der Waals surface area contributed by atoms with Crippen LogP contribution in [0.4, 0.5) is 0 Å². The molecule has 2 N–H and O–H groups in total. The summed E-state index contributed by atoms with van der Waals surface area (Å²) in [7, 11) is 0. The van der Waals surface area contributed by atoms with Gasteiger partial charge in [-0.3, -0.25) is 0 Å². The van der Waals surface area contributed by atoms with Gasteiger partial charge >= 0.3 is 0 Å². The van der Waals surface area contributed by atoms with Crippen molar-refractivity contribution in [3.8, 4) is 0 Å². The Hall–Kier alpha value is -0.640. The van der Waals surface area contributed by atoms with E-state index in [4.69, 9.17) is 5.73 Å². The van der Waals surface area contributed by atoms with Gasteiger partial charge in [-0.1, -0.05) is 6.07 Å². The number of nitrogens with two attached hydrogens (primary N) is 1. The average molecular weight is 237 g/mol. The number of hydrogen-bond acceptors (Lipinski definition) is 3. The van der Waals surface area contributed by atoms with E-state index in [1.165, 1.54) is 20.2 Å². The molecule has 2 aromatic rings. The maximum Gasteiger partial charge on any atom is 0.0438 e. The zero-order chi connectivity index (χ0) is 10.8. The molecule has 0 bridgehead atoms. The molecule has 1 unspecified atom stereocenters. The first kappa shape index (κ1) is 10.9. The van der Waals surface area contributed by atoms with Gasteiger partial charge in [-0.25, -0.2) is 0 Å². The molecule has 0 saturated carbocycles. The lowest BCUT2D eigenvalue weighted by Gasteiger charge is -2.07. The third kappa shape index (κ3) is 2.48. The number of hydrogen-bond donors (Lipinski definition) is 1. The van der Waals surface area contributed by atoms with Crippen LogP contribution in [0.15, 0.2) is 23.6 Å². The molecule has 0 saturated heterocycles. The van der Waals surface area contributed by atoms with E-state index in [9.17, 15) is 0 Å². The molecule has 80 valence electrons. The Kier molecular flexibility index (Phi) is 3.24. The summed E-state index contributed by atoms with van der Waals surface area (Å²) in [6.07, 6.45) is 0.955. The summed E-state index contributed by atoms with van der Waals surface area (Å²) >= 11 is 3.61. The molecular formula is C12H15NS2. The summed E-state index contributed by atoms with van der Waals surface area (Å²) in [6, 6.07) is 6.61. The van der Waals surface area contributed by atoms with E-state index in [0.717, 1.165) is 6.42 Å². The standard InChI is InChI=1S/C12H15NS2/c1-8-6-12(15-9(8)2)11(13)7-10-4-3-5-14-10/h3-6,11H,7,13H2,1-2H3. The highest BCUT2D eigenvalue weighted by Gasteiger charge is 2.11. The highest BCUT2D eigenvalue weighted by atomic mass is 32.1. The van der Waals surface area contributed by atoms with Crippen molar-refractivity contribution in [2.45, 2.75) is 26.3 Å². The molecule has 2 aromatic heterocycles. The second-order valence-electron chi connectivity index (χ2n) is 3.78. The molecular weight excluding hydrogens is 222 g/mol. The maximum absolute atomic E-state index is 6.19. The number of rotatable bonds is 3. The van der Waals surface area contributed by atoms with Gasteiger partial charge in [0.1, 0.15) is 0 Å². The first-order valence-corrected chi connectivity index (χ1v) is 6.71. The first-order valence-electron chi connectivity index (χ1n) is 5.01. The first-order chi connectivity index (χ1) is 7.16. The van der Waals surface area contributed by atoms with Crippen molar-refractivity contribution in [1.29, 1.82) is 0 Å². The van der Waals surface area contributed by atoms with Crippen LogP contribution in [0.5, 0.6) is 0 Å². The minimum absolute atomic E-state index is 0.154. The van der Waals surface area contributed by atoms with Gasteiger partial charge in [0.05, 0.1) is 0 Å². The Balaban J connectivity index is 2.11. The van der Waals surface area contributed by atoms with Gasteiger partial charge in [-0.05, 0) is 36.9 Å². The van der Waals surface area contributed by atoms with Crippen molar-refractivity contribution in [3.63, 3.8) is 0 Å². The van der Waals surface area contributed by atoms with Crippen LogP contribution in [0.3, 0.4) is 0 Å². The molecule has 1 atom stereocenters. The average Bonchev–Trinajstić information content (AvgIpc) is 2.78. The summed E-state index contributed by atoms with van der Waals surface area (Å²) in [5, 5.41) is 2.10. The van der Waals surface area contributed by atoms with E-state index in [0.29, 0.717) is 0 Å². The number of aryl methyl sites for hydroxylation is 2. The molecule has 0 radical (unpaired) electrons. The summed E-state index contributed by atoms with van der Waals surface area (Å²) in [5.74, 6) is 0. The molecule has 0 amide bonds. The lowest BCUT2D eigenvalue weighted by atomic mass is 10.1. The van der Waals surface area contributed by atoms with Crippen molar-refractivity contribution in [1.82, 2.24) is 0 Å². The molecule has 0 aliphatic rings. The van der Waals surface area contributed by atoms with Crippen molar-refractivity contribution < 1.29 is 0 Å². The van der Waals surface area contributed by atoms with Crippen LogP contribution < -0.4 is 5.73 Å². The minimum atomic E-state index is 0.154. The van der Waals surface area contributed by atoms with Gasteiger partial charge < -0.3 is 5.73 Å². The van der Waals surface area contributed by atoms with Crippen molar-refractivity contribution >= 4 is 22.7 Å². The van der Waals surface area contributed by atoms with E-state index in [1.807, 2.05) is 11.3 Å². The molecule has 2 heterocycles. The molecule has 0 aliphatic carbocycles. The lowest BCUT2D eigenvalue weighted by Crippen LogP contribution is -2.10. The van der Waals surface area contributed by atoms with Gasteiger partial charge in [0.2, 0.25) is 0 Å². The van der Waals surface area contributed by atoms with Crippen LogP contribution in [0, 0.1) is 13.8 Å². The second kappa shape index (κ2) is 4.47. The van der Waals surface area contributed by atoms with E-state index in [-0.39, 0.29) is 6.04 Å². The topological polar surface area (TPSA) is 26.0 Å². The minimum Gasteiger partial charge on any atom is -0.323 e. The monoisotopic (exact) mass is 237 g/mol. The molecule has 3 heteroatoms. The quantitative estimate of drug-likeness (QED) is 0.866. The number of thiophene rings is 2. The summed E-state index contributed by atoms with van der Waals surface area (Å²) in [5.41, 5.74) is 7.54. The zero-order valence-electron chi connectivity index (χ0n) is 8.99. The molecule has 1 nitrogen and oxygen atoms in total. The second-order valence-corrected chi connectivity index (χ2v) is 6.10. The van der Waals surface area contributed by atoms with Gasteiger partial charge in [-0.2, -0.15) is 0 Å². The normalized spacial score (nSPS) is 13.0. The smallest absolute Gasteiger partial charge is 0.0438 e. The van der Waals surface area contributed by atoms with Crippen LogP contribution >= 0.6 is 22.7 Å². The van der Waals surface area contributed by atoms with Crippen LogP contribution in [0.1, 0.15) is 26.2 Å². The molecule has 0 fully saturated rings. The maximum atomic E-state index is 6.19. The van der Waals surface area contributed by atoms with Crippen LogP contribution in [0.2, 0.25) is 0 Å². The summed E-state index contributed by atoms with van der Waals surface area (Å²) in [4.78, 5) is 4.05. The molecule has 15 heavy (non-hydrogen) atoms. The fraction of sp³-hybridized carbons (Fsp3) is 0.333. The summed E-state index contributed by atoms with van der Waals surface area (Å²) < 4.78 is 0. The van der Waals surface area contributed by atoms with E-state index in [1.54, 1.807) is 11.3 Å².